The highest BCUT2D eigenvalue weighted by molar-refractivity contribution is 5.91. The van der Waals surface area contributed by atoms with Gasteiger partial charge in [0.05, 0.1) is 0 Å². The minimum Gasteiger partial charge on any atom is -0.399 e. The summed E-state index contributed by atoms with van der Waals surface area (Å²) >= 11 is 0. The van der Waals surface area contributed by atoms with Crippen LogP contribution in [0.25, 0.3) is 27.5 Å². The fraction of sp³-hybridized carbons (Fsp3) is 0.0625. The van der Waals surface area contributed by atoms with Crippen molar-refractivity contribution in [2.45, 2.75) is 6.92 Å². The van der Waals surface area contributed by atoms with E-state index in [-0.39, 0.29) is 0 Å². The Balaban J connectivity index is 2.58. The Morgan fingerprint density at radius 2 is 1.37 bits per heavy atom. The first kappa shape index (κ1) is 11.5. The standard InChI is InChI=1S/C16H15N3/c1-10(2)19-15-8-13(17)5-3-11(15)7-12-4-6-14(18)9-16(12)19/h3-9H,1H2,2H3,(H3,17,18)/p+1. The van der Waals surface area contributed by atoms with Crippen LogP contribution >= 0.6 is 0 Å². The van der Waals surface area contributed by atoms with Gasteiger partial charge in [0.1, 0.15) is 0 Å². The van der Waals surface area contributed by atoms with Crippen LogP contribution in [0.5, 0.6) is 0 Å². The van der Waals surface area contributed by atoms with Gasteiger partial charge in [-0.05, 0) is 36.9 Å². The molecule has 19 heavy (non-hydrogen) atoms. The zero-order chi connectivity index (χ0) is 13.6. The van der Waals surface area contributed by atoms with Crippen molar-refractivity contribution < 1.29 is 4.57 Å². The maximum atomic E-state index is 5.90. The molecule has 3 heteroatoms. The van der Waals surface area contributed by atoms with E-state index in [0.29, 0.717) is 0 Å². The van der Waals surface area contributed by atoms with Crippen LogP contribution < -0.4 is 16.0 Å². The number of fused-ring (bicyclic) bond motifs is 2. The van der Waals surface area contributed by atoms with Crippen LogP contribution in [-0.2, 0) is 0 Å². The Morgan fingerprint density at radius 3 is 1.79 bits per heavy atom. The van der Waals surface area contributed by atoms with Gasteiger partial charge in [-0.25, -0.2) is 0 Å². The number of benzene rings is 2. The van der Waals surface area contributed by atoms with Gasteiger partial charge in [0.25, 0.3) is 0 Å². The summed E-state index contributed by atoms with van der Waals surface area (Å²) in [6.45, 7) is 6.04. The average Bonchev–Trinajstić information content (AvgIpc) is 2.35. The van der Waals surface area contributed by atoms with E-state index in [2.05, 4.69) is 17.2 Å². The lowest BCUT2D eigenvalue weighted by molar-refractivity contribution is -0.522. The molecule has 0 unspecified atom stereocenters. The predicted octanol–water partition coefficient (Wildman–Crippen LogP) is 2.94. The largest absolute Gasteiger partial charge is 0.399 e. The van der Waals surface area contributed by atoms with E-state index in [1.54, 1.807) is 0 Å². The third-order valence-corrected chi connectivity index (χ3v) is 3.28. The summed E-state index contributed by atoms with van der Waals surface area (Å²) in [6.07, 6.45) is 0. The molecule has 0 bridgehead atoms. The summed E-state index contributed by atoms with van der Waals surface area (Å²) in [7, 11) is 0. The number of aromatic nitrogens is 1. The molecule has 0 spiro atoms. The second kappa shape index (κ2) is 3.99. The van der Waals surface area contributed by atoms with E-state index < -0.39 is 0 Å². The molecule has 3 rings (SSSR count). The maximum absolute atomic E-state index is 5.90. The highest BCUT2D eigenvalue weighted by Crippen LogP contribution is 2.23. The molecular formula is C16H16N3+. The van der Waals surface area contributed by atoms with Crippen LogP contribution in [0, 0.1) is 0 Å². The lowest BCUT2D eigenvalue weighted by Crippen LogP contribution is -2.32. The normalized spacial score (nSPS) is 11.0. The molecule has 3 nitrogen and oxygen atoms in total. The minimum atomic E-state index is 0.741. The number of anilines is 2. The molecule has 0 aliphatic rings. The molecule has 0 aliphatic heterocycles. The van der Waals surface area contributed by atoms with Gasteiger partial charge in [0.15, 0.2) is 5.70 Å². The molecule has 94 valence electrons. The number of nitrogens with two attached hydrogens (primary N) is 2. The van der Waals surface area contributed by atoms with Crippen molar-refractivity contribution in [1.29, 1.82) is 0 Å². The molecule has 4 N–H and O–H groups in total. The summed E-state index contributed by atoms with van der Waals surface area (Å²) in [6, 6.07) is 13.9. The van der Waals surface area contributed by atoms with Crippen molar-refractivity contribution >= 4 is 38.9 Å². The summed E-state index contributed by atoms with van der Waals surface area (Å²) in [5.41, 5.74) is 16.3. The lowest BCUT2D eigenvalue weighted by Gasteiger charge is -2.06. The molecule has 0 atom stereocenters. The minimum absolute atomic E-state index is 0.741. The highest BCUT2D eigenvalue weighted by atomic mass is 15.0. The van der Waals surface area contributed by atoms with Gasteiger partial charge < -0.3 is 11.5 Å². The first-order chi connectivity index (χ1) is 9.06. The number of rotatable bonds is 1. The van der Waals surface area contributed by atoms with E-state index in [1.165, 1.54) is 0 Å². The Kier molecular flexibility index (Phi) is 2.42. The summed E-state index contributed by atoms with van der Waals surface area (Å²) in [4.78, 5) is 0. The second-order valence-corrected chi connectivity index (χ2v) is 4.85. The predicted molar refractivity (Wildman–Crippen MR) is 81.5 cm³/mol. The van der Waals surface area contributed by atoms with Crippen LogP contribution in [-0.4, -0.2) is 0 Å². The molecule has 1 aromatic heterocycles. The molecule has 0 saturated heterocycles. The quantitative estimate of drug-likeness (QED) is 0.396. The smallest absolute Gasteiger partial charge is 0.220 e. The molecule has 0 aliphatic carbocycles. The first-order valence-corrected chi connectivity index (χ1v) is 6.16. The van der Waals surface area contributed by atoms with Gasteiger partial charge in [0.2, 0.25) is 11.0 Å². The molecule has 1 heterocycles. The van der Waals surface area contributed by atoms with E-state index in [4.69, 9.17) is 11.5 Å². The van der Waals surface area contributed by atoms with Gasteiger partial charge >= 0.3 is 0 Å². The van der Waals surface area contributed by atoms with Crippen molar-refractivity contribution in [3.63, 3.8) is 0 Å². The number of nitrogens with zero attached hydrogens (tertiary/aromatic N) is 1. The van der Waals surface area contributed by atoms with Crippen molar-refractivity contribution in [3.05, 3.63) is 49.0 Å². The second-order valence-electron chi connectivity index (χ2n) is 4.85. The maximum Gasteiger partial charge on any atom is 0.220 e. The SMILES string of the molecule is C=C(C)[n+]1c2cc(N)ccc2cc2ccc(N)cc21. The molecule has 0 amide bonds. The van der Waals surface area contributed by atoms with Gasteiger partial charge in [-0.15, -0.1) is 0 Å². The lowest BCUT2D eigenvalue weighted by atomic mass is 10.1. The molecule has 0 saturated carbocycles. The Morgan fingerprint density at radius 1 is 0.895 bits per heavy atom. The van der Waals surface area contributed by atoms with Crippen LogP contribution in [0.3, 0.4) is 0 Å². The fourth-order valence-electron chi connectivity index (χ4n) is 2.46. The Bertz CT molecular complexity index is 759. The third kappa shape index (κ3) is 1.80. The monoisotopic (exact) mass is 250 g/mol. The van der Waals surface area contributed by atoms with E-state index in [9.17, 15) is 0 Å². The summed E-state index contributed by atoms with van der Waals surface area (Å²) < 4.78 is 2.09. The highest BCUT2D eigenvalue weighted by Gasteiger charge is 2.16. The number of nitrogen functional groups attached to an aromatic ring is 2. The number of hydrogen-bond acceptors (Lipinski definition) is 2. The van der Waals surface area contributed by atoms with Crippen LogP contribution in [0.2, 0.25) is 0 Å². The van der Waals surface area contributed by atoms with Gasteiger partial charge in [-0.1, -0.05) is 0 Å². The van der Waals surface area contributed by atoms with Crippen molar-refractivity contribution in [2.24, 2.45) is 0 Å². The zero-order valence-electron chi connectivity index (χ0n) is 10.9. The molecule has 3 aromatic rings. The van der Waals surface area contributed by atoms with E-state index in [1.807, 2.05) is 43.3 Å². The van der Waals surface area contributed by atoms with E-state index in [0.717, 1.165) is 38.9 Å². The summed E-state index contributed by atoms with van der Waals surface area (Å²) in [5.74, 6) is 0. The number of pyridine rings is 1. The van der Waals surface area contributed by atoms with Crippen LogP contribution in [0.4, 0.5) is 11.4 Å². The van der Waals surface area contributed by atoms with Crippen LogP contribution in [0.1, 0.15) is 6.92 Å². The Hall–Kier alpha value is -2.55. The van der Waals surface area contributed by atoms with Gasteiger partial charge in [0, 0.05) is 41.2 Å². The fourth-order valence-corrected chi connectivity index (χ4v) is 2.46. The van der Waals surface area contributed by atoms with Crippen molar-refractivity contribution in [1.82, 2.24) is 0 Å². The van der Waals surface area contributed by atoms with Gasteiger partial charge in [-0.2, -0.15) is 4.57 Å². The van der Waals surface area contributed by atoms with Crippen molar-refractivity contribution in [3.8, 4) is 0 Å². The number of hydrogen-bond donors (Lipinski definition) is 2. The van der Waals surface area contributed by atoms with Crippen LogP contribution in [0.15, 0.2) is 49.0 Å². The first-order valence-electron chi connectivity index (χ1n) is 6.16. The Labute approximate surface area is 111 Å². The summed E-state index contributed by atoms with van der Waals surface area (Å²) in [5, 5.41) is 2.27. The topological polar surface area (TPSA) is 55.9 Å². The zero-order valence-corrected chi connectivity index (χ0v) is 10.9. The molecule has 2 aromatic carbocycles. The number of allylic oxidation sites excluding steroid dienone is 1. The van der Waals surface area contributed by atoms with Crippen molar-refractivity contribution in [2.75, 3.05) is 11.5 Å². The van der Waals surface area contributed by atoms with Gasteiger partial charge in [-0.3, -0.25) is 0 Å². The average molecular weight is 250 g/mol. The van der Waals surface area contributed by atoms with E-state index >= 15 is 0 Å². The third-order valence-electron chi connectivity index (χ3n) is 3.28. The molecular weight excluding hydrogens is 234 g/mol. The molecule has 0 fully saturated rings. The molecule has 0 radical (unpaired) electrons.